The second-order valence-corrected chi connectivity index (χ2v) is 11.7. The molecule has 4 aromatic carbocycles. The Morgan fingerprint density at radius 1 is 0.542 bits per heavy atom. The van der Waals surface area contributed by atoms with Crippen LogP contribution in [0.25, 0.3) is 39.9 Å². The van der Waals surface area contributed by atoms with Gasteiger partial charge in [-0.25, -0.2) is 4.42 Å². The number of aryl methyl sites for hydroxylation is 4. The maximum Gasteiger partial charge on any atom is 0.673 e. The number of halogens is 4. The molecule has 0 fully saturated rings. The van der Waals surface area contributed by atoms with Crippen LogP contribution in [0.5, 0.6) is 0 Å². The fourth-order valence-electron chi connectivity index (χ4n) is 4.99. The number of rotatable bonds is 6. The predicted octanol–water partition coefficient (Wildman–Crippen LogP) is 12.5. The second kappa shape index (κ2) is 15.0. The molecule has 0 amide bonds. The third-order valence-corrected chi connectivity index (χ3v) is 7.59. The third kappa shape index (κ3) is 9.79. The van der Waals surface area contributed by atoms with E-state index in [1.807, 2.05) is 18.2 Å². The van der Waals surface area contributed by atoms with E-state index in [-0.39, 0.29) is 0 Å². The van der Waals surface area contributed by atoms with Crippen LogP contribution in [0.1, 0.15) is 39.1 Å². The highest BCUT2D eigenvalue weighted by molar-refractivity contribution is 6.50. The molecule has 0 N–H and O–H groups in total. The summed E-state index contributed by atoms with van der Waals surface area (Å²) in [6.07, 6.45) is 10.2. The van der Waals surface area contributed by atoms with Crippen LogP contribution in [-0.4, -0.2) is 7.25 Å². The first-order valence-electron chi connectivity index (χ1n) is 15.5. The maximum absolute atomic E-state index is 9.75. The van der Waals surface area contributed by atoms with Crippen molar-refractivity contribution in [1.82, 2.24) is 0 Å². The molecule has 242 valence electrons. The Balaban J connectivity index is 0.000000840. The largest absolute Gasteiger partial charge is 0.673 e. The standard InChI is InChI=1S/C41H35O2.BF4/c1-28-8-16-32(17-9-28)36-24-38(42-40(26-36)34-20-12-30(3)13-21-34)6-5-7-39-25-37(33-18-10-29(2)11-19-33)27-41(43-39)35-22-14-31(4)15-23-35;2-1(3,4)5/h5-27H,1-4H3;/q+1;-1. The monoisotopic (exact) mass is 646 g/mol. The van der Waals surface area contributed by atoms with Gasteiger partial charge >= 0.3 is 18.8 Å². The molecule has 2 nitrogen and oxygen atoms in total. The summed E-state index contributed by atoms with van der Waals surface area (Å²) in [7, 11) is -6.00. The maximum atomic E-state index is 9.75. The molecule has 6 rings (SSSR count). The summed E-state index contributed by atoms with van der Waals surface area (Å²) >= 11 is 0. The van der Waals surface area contributed by atoms with Gasteiger partial charge in [-0.1, -0.05) is 107 Å². The van der Waals surface area contributed by atoms with E-state index in [9.17, 15) is 17.3 Å². The number of benzene rings is 4. The van der Waals surface area contributed by atoms with Crippen molar-refractivity contribution in [2.75, 3.05) is 0 Å². The summed E-state index contributed by atoms with van der Waals surface area (Å²) in [5, 5.41) is 0. The average Bonchev–Trinajstić information content (AvgIpc) is 3.05. The van der Waals surface area contributed by atoms with Crippen LogP contribution in [0.2, 0.25) is 0 Å². The van der Waals surface area contributed by atoms with Gasteiger partial charge in [-0.15, -0.1) is 0 Å². The number of hydrogen-bond donors (Lipinski definition) is 0. The summed E-state index contributed by atoms with van der Waals surface area (Å²) in [5.74, 6) is 3.17. The molecule has 0 bridgehead atoms. The summed E-state index contributed by atoms with van der Waals surface area (Å²) in [6, 6.07) is 38.3. The summed E-state index contributed by atoms with van der Waals surface area (Å²) in [4.78, 5) is 0. The van der Waals surface area contributed by atoms with Crippen molar-refractivity contribution in [3.05, 3.63) is 178 Å². The number of allylic oxidation sites excluding steroid dienone is 5. The lowest BCUT2D eigenvalue weighted by atomic mass is 9.99. The van der Waals surface area contributed by atoms with Gasteiger partial charge in [0.15, 0.2) is 0 Å². The minimum Gasteiger partial charge on any atom is -0.457 e. The molecule has 0 aliphatic carbocycles. The quantitative estimate of drug-likeness (QED) is 0.104. The van der Waals surface area contributed by atoms with E-state index in [1.165, 1.54) is 22.3 Å². The summed E-state index contributed by atoms with van der Waals surface area (Å²) < 4.78 is 51.8. The van der Waals surface area contributed by atoms with Crippen molar-refractivity contribution >= 4 is 24.7 Å². The molecule has 0 unspecified atom stereocenters. The Bertz CT molecular complexity index is 1920. The van der Waals surface area contributed by atoms with E-state index in [0.29, 0.717) is 0 Å². The zero-order valence-electron chi connectivity index (χ0n) is 27.2. The topological polar surface area (TPSA) is 20.5 Å². The van der Waals surface area contributed by atoms with Crippen molar-refractivity contribution in [3.8, 4) is 22.5 Å². The van der Waals surface area contributed by atoms with Gasteiger partial charge in [0.25, 0.3) is 0 Å². The van der Waals surface area contributed by atoms with Crippen LogP contribution in [-0.2, 0) is 4.74 Å². The molecule has 0 saturated carbocycles. The Morgan fingerprint density at radius 2 is 1.00 bits per heavy atom. The fourth-order valence-corrected chi connectivity index (χ4v) is 4.99. The molecule has 1 aliphatic heterocycles. The average molecular weight is 647 g/mol. The van der Waals surface area contributed by atoms with Gasteiger partial charge in [-0.2, -0.15) is 0 Å². The van der Waals surface area contributed by atoms with Crippen LogP contribution in [0.15, 0.2) is 144 Å². The molecule has 2 heterocycles. The van der Waals surface area contributed by atoms with Crippen molar-refractivity contribution in [2.45, 2.75) is 27.7 Å². The molecule has 0 spiro atoms. The van der Waals surface area contributed by atoms with Gasteiger partial charge < -0.3 is 22.0 Å². The van der Waals surface area contributed by atoms with Gasteiger partial charge in [-0.3, -0.25) is 0 Å². The highest BCUT2D eigenvalue weighted by Crippen LogP contribution is 2.33. The van der Waals surface area contributed by atoms with Crippen molar-refractivity contribution in [3.63, 3.8) is 0 Å². The summed E-state index contributed by atoms with van der Waals surface area (Å²) in [5.41, 5.74) is 11.5. The predicted molar refractivity (Wildman–Crippen MR) is 190 cm³/mol. The minimum absolute atomic E-state index is 0.762. The van der Waals surface area contributed by atoms with Gasteiger partial charge in [-0.05, 0) is 80.8 Å². The minimum atomic E-state index is -6.00. The summed E-state index contributed by atoms with van der Waals surface area (Å²) in [6.45, 7) is 8.40. The molecule has 1 aromatic heterocycles. The molecule has 1 aliphatic rings. The Hall–Kier alpha value is -5.43. The Labute approximate surface area is 279 Å². The lowest BCUT2D eigenvalue weighted by Crippen LogP contribution is -2.02. The highest BCUT2D eigenvalue weighted by atomic mass is 19.5. The Morgan fingerprint density at radius 3 is 1.52 bits per heavy atom. The first-order chi connectivity index (χ1) is 22.9. The van der Waals surface area contributed by atoms with Gasteiger partial charge in [0.2, 0.25) is 0 Å². The zero-order chi connectivity index (χ0) is 34.3. The van der Waals surface area contributed by atoms with Gasteiger partial charge in [0.1, 0.15) is 11.5 Å². The number of hydrogen-bond acceptors (Lipinski definition) is 1. The van der Waals surface area contributed by atoms with Gasteiger partial charge in [0.05, 0.1) is 17.7 Å². The van der Waals surface area contributed by atoms with Gasteiger partial charge in [0, 0.05) is 17.2 Å². The molecule has 0 radical (unpaired) electrons. The second-order valence-electron chi connectivity index (χ2n) is 11.7. The SMILES string of the molecule is Cc1ccc(C2=C/C(=C\C=C\c3cc(-c4ccc(C)cc4)cc(-c4ccc(C)cc4)[o+]3)OC(c3ccc(C)cc3)=C2)cc1.F[B-](F)(F)F. The van der Waals surface area contributed by atoms with Crippen molar-refractivity contribution in [1.29, 1.82) is 0 Å². The normalized spacial score (nSPS) is 13.8. The molecule has 0 saturated heterocycles. The Kier molecular flexibility index (Phi) is 10.6. The van der Waals surface area contributed by atoms with Crippen molar-refractivity contribution in [2.24, 2.45) is 0 Å². The highest BCUT2D eigenvalue weighted by Gasteiger charge is 2.21. The zero-order valence-corrected chi connectivity index (χ0v) is 27.2. The van der Waals surface area contributed by atoms with E-state index in [1.54, 1.807) is 0 Å². The van der Waals surface area contributed by atoms with Crippen LogP contribution in [0.4, 0.5) is 17.3 Å². The third-order valence-electron chi connectivity index (χ3n) is 7.59. The lowest BCUT2D eigenvalue weighted by molar-refractivity contribution is 0.368. The molecule has 5 aromatic rings. The molecule has 48 heavy (non-hydrogen) atoms. The van der Waals surface area contributed by atoms with Crippen molar-refractivity contribution < 1.29 is 26.4 Å². The van der Waals surface area contributed by atoms with E-state index < -0.39 is 7.25 Å². The van der Waals surface area contributed by atoms with Crippen LogP contribution < -0.4 is 0 Å². The van der Waals surface area contributed by atoms with Crippen LogP contribution >= 0.6 is 0 Å². The molecule has 0 atom stereocenters. The first-order valence-corrected chi connectivity index (χ1v) is 15.5. The molecular weight excluding hydrogens is 611 g/mol. The fraction of sp³-hybridized carbons (Fsp3) is 0.0976. The smallest absolute Gasteiger partial charge is 0.457 e. The number of ether oxygens (including phenoxy) is 1. The van der Waals surface area contributed by atoms with Crippen LogP contribution in [0, 0.1) is 27.7 Å². The first kappa shape index (κ1) is 33.9. The van der Waals surface area contributed by atoms with E-state index in [0.717, 1.165) is 56.4 Å². The van der Waals surface area contributed by atoms with E-state index in [4.69, 9.17) is 9.15 Å². The van der Waals surface area contributed by atoms with Crippen LogP contribution in [0.3, 0.4) is 0 Å². The van der Waals surface area contributed by atoms with E-state index >= 15 is 0 Å². The molecular formula is C41H35BF4O2. The molecule has 7 heteroatoms. The lowest BCUT2D eigenvalue weighted by Gasteiger charge is -2.18. The van der Waals surface area contributed by atoms with E-state index in [2.05, 4.69) is 149 Å².